The summed E-state index contributed by atoms with van der Waals surface area (Å²) in [4.78, 5) is 20.5. The predicted octanol–water partition coefficient (Wildman–Crippen LogP) is 1.55. The van der Waals surface area contributed by atoms with Crippen LogP contribution in [0.5, 0.6) is 5.75 Å². The molecule has 0 atom stereocenters. The third-order valence-corrected chi connectivity index (χ3v) is 1.66. The van der Waals surface area contributed by atoms with Crippen molar-refractivity contribution < 1.29 is 14.3 Å². The number of carbonyl (C=O) groups excluding carboxylic acids is 2. The molecule has 0 radical (unpaired) electrons. The summed E-state index contributed by atoms with van der Waals surface area (Å²) in [6.45, 7) is 0. The first-order valence-electron chi connectivity index (χ1n) is 4.25. The van der Waals surface area contributed by atoms with Crippen LogP contribution >= 0.6 is 0 Å². The van der Waals surface area contributed by atoms with Crippen molar-refractivity contribution in [3.05, 3.63) is 24.3 Å². The standard InChI is InChI=1S/C10H10N2O3/c1-15-10-4-2-8(3-5-10)11-12-9(6-13)7-14/h2-7,9H,1H3. The van der Waals surface area contributed by atoms with Crippen molar-refractivity contribution in [2.75, 3.05) is 7.11 Å². The molecule has 1 aromatic carbocycles. The smallest absolute Gasteiger partial charge is 0.181 e. The van der Waals surface area contributed by atoms with Gasteiger partial charge < -0.3 is 14.3 Å². The second-order valence-corrected chi connectivity index (χ2v) is 2.68. The SMILES string of the molecule is COc1ccc(N=NC(C=O)C=O)cc1. The summed E-state index contributed by atoms with van der Waals surface area (Å²) in [7, 11) is 1.56. The summed E-state index contributed by atoms with van der Waals surface area (Å²) < 4.78 is 4.95. The van der Waals surface area contributed by atoms with Crippen molar-refractivity contribution in [1.82, 2.24) is 0 Å². The van der Waals surface area contributed by atoms with Crippen LogP contribution < -0.4 is 4.74 Å². The zero-order valence-corrected chi connectivity index (χ0v) is 8.16. The van der Waals surface area contributed by atoms with Gasteiger partial charge in [-0.15, -0.1) is 0 Å². The van der Waals surface area contributed by atoms with Gasteiger partial charge >= 0.3 is 0 Å². The molecule has 15 heavy (non-hydrogen) atoms. The van der Waals surface area contributed by atoms with Crippen molar-refractivity contribution in [2.45, 2.75) is 6.04 Å². The number of rotatable bonds is 5. The van der Waals surface area contributed by atoms with Crippen molar-refractivity contribution in [3.63, 3.8) is 0 Å². The van der Waals surface area contributed by atoms with Crippen LogP contribution in [-0.2, 0) is 9.59 Å². The van der Waals surface area contributed by atoms with Crippen molar-refractivity contribution in [2.24, 2.45) is 10.2 Å². The first-order chi connectivity index (χ1) is 7.30. The van der Waals surface area contributed by atoms with E-state index in [1.165, 1.54) is 0 Å². The number of ether oxygens (including phenoxy) is 1. The Labute approximate surface area is 86.8 Å². The van der Waals surface area contributed by atoms with Crippen LogP contribution in [0.4, 0.5) is 5.69 Å². The molecule has 0 unspecified atom stereocenters. The molecular formula is C10H10N2O3. The van der Waals surface area contributed by atoms with Gasteiger partial charge in [0.25, 0.3) is 0 Å². The fourth-order valence-corrected chi connectivity index (χ4v) is 0.869. The van der Waals surface area contributed by atoms with Gasteiger partial charge in [0, 0.05) is 0 Å². The third kappa shape index (κ3) is 3.30. The van der Waals surface area contributed by atoms with Crippen molar-refractivity contribution in [1.29, 1.82) is 0 Å². The first-order valence-corrected chi connectivity index (χ1v) is 4.25. The minimum atomic E-state index is -1.02. The fraction of sp³-hybridized carbons (Fsp3) is 0.200. The molecule has 0 saturated carbocycles. The van der Waals surface area contributed by atoms with E-state index in [-0.39, 0.29) is 0 Å². The lowest BCUT2D eigenvalue weighted by molar-refractivity contribution is -0.116. The van der Waals surface area contributed by atoms with Gasteiger partial charge in [-0.3, -0.25) is 0 Å². The number of carbonyl (C=O) groups is 2. The molecule has 1 rings (SSSR count). The predicted molar refractivity (Wildman–Crippen MR) is 53.4 cm³/mol. The van der Waals surface area contributed by atoms with Gasteiger partial charge in [0.05, 0.1) is 12.8 Å². The van der Waals surface area contributed by atoms with Gasteiger partial charge in [0.2, 0.25) is 0 Å². The molecule has 0 amide bonds. The molecule has 0 aromatic heterocycles. The average molecular weight is 206 g/mol. The second kappa shape index (κ2) is 5.64. The van der Waals surface area contributed by atoms with Crippen molar-refractivity contribution >= 4 is 18.3 Å². The van der Waals surface area contributed by atoms with Crippen LogP contribution in [-0.4, -0.2) is 25.7 Å². The maximum absolute atomic E-state index is 10.3. The molecule has 0 N–H and O–H groups in total. The molecule has 0 fully saturated rings. The number of methoxy groups -OCH3 is 1. The van der Waals surface area contributed by atoms with E-state index in [1.807, 2.05) is 0 Å². The van der Waals surface area contributed by atoms with Crippen LogP contribution in [0.15, 0.2) is 34.5 Å². The topological polar surface area (TPSA) is 68.1 Å². The van der Waals surface area contributed by atoms with Gasteiger partial charge in [-0.05, 0) is 24.3 Å². The highest BCUT2D eigenvalue weighted by molar-refractivity contribution is 5.82. The van der Waals surface area contributed by atoms with Gasteiger partial charge in [-0.2, -0.15) is 10.2 Å². The minimum absolute atomic E-state index is 0.431. The summed E-state index contributed by atoms with van der Waals surface area (Å²) in [5.74, 6) is 0.705. The molecule has 0 aliphatic rings. The molecule has 0 spiro atoms. The van der Waals surface area contributed by atoms with E-state index in [0.717, 1.165) is 0 Å². The van der Waals surface area contributed by atoms with Crippen molar-refractivity contribution in [3.8, 4) is 5.75 Å². The summed E-state index contributed by atoms with van der Waals surface area (Å²) in [6.07, 6.45) is 0.861. The Hall–Kier alpha value is -2.04. The lowest BCUT2D eigenvalue weighted by Gasteiger charge is -1.98. The number of aldehydes is 2. The minimum Gasteiger partial charge on any atom is -0.497 e. The van der Waals surface area contributed by atoms with Crippen LogP contribution in [0.1, 0.15) is 0 Å². The molecule has 0 heterocycles. The Morgan fingerprint density at radius 2 is 1.80 bits per heavy atom. The Morgan fingerprint density at radius 3 is 2.27 bits per heavy atom. The quantitative estimate of drug-likeness (QED) is 0.417. The van der Waals surface area contributed by atoms with Gasteiger partial charge in [0.1, 0.15) is 5.75 Å². The molecular weight excluding hydrogens is 196 g/mol. The molecule has 1 aromatic rings. The lowest BCUT2D eigenvalue weighted by Crippen LogP contribution is -2.05. The van der Waals surface area contributed by atoms with Crippen LogP contribution in [0.25, 0.3) is 0 Å². The van der Waals surface area contributed by atoms with E-state index in [2.05, 4.69) is 10.2 Å². The highest BCUT2D eigenvalue weighted by Crippen LogP contribution is 2.17. The highest BCUT2D eigenvalue weighted by Gasteiger charge is 2.00. The molecule has 0 aliphatic carbocycles. The Bertz CT molecular complexity index is 351. The van der Waals surface area contributed by atoms with Gasteiger partial charge in [-0.25, -0.2) is 0 Å². The summed E-state index contributed by atoms with van der Waals surface area (Å²) in [5.41, 5.74) is 0.560. The second-order valence-electron chi connectivity index (χ2n) is 2.68. The average Bonchev–Trinajstić information content (AvgIpc) is 2.31. The van der Waals surface area contributed by atoms with E-state index < -0.39 is 6.04 Å². The van der Waals surface area contributed by atoms with Crippen LogP contribution in [0, 0.1) is 0 Å². The maximum Gasteiger partial charge on any atom is 0.181 e. The molecule has 5 heteroatoms. The molecule has 0 aliphatic heterocycles. The third-order valence-electron chi connectivity index (χ3n) is 1.66. The van der Waals surface area contributed by atoms with E-state index in [4.69, 9.17) is 4.74 Å². The largest absolute Gasteiger partial charge is 0.497 e. The van der Waals surface area contributed by atoms with Gasteiger partial charge in [-0.1, -0.05) is 0 Å². The highest BCUT2D eigenvalue weighted by atomic mass is 16.5. The fourth-order valence-electron chi connectivity index (χ4n) is 0.869. The number of azo groups is 1. The Kier molecular flexibility index (Phi) is 4.15. The zero-order chi connectivity index (χ0) is 11.1. The van der Waals surface area contributed by atoms with E-state index in [1.54, 1.807) is 31.4 Å². The normalized spacial score (nSPS) is 10.5. The Morgan fingerprint density at radius 1 is 1.20 bits per heavy atom. The zero-order valence-electron chi connectivity index (χ0n) is 8.16. The first kappa shape index (κ1) is 11.0. The monoisotopic (exact) mass is 206 g/mol. The lowest BCUT2D eigenvalue weighted by atomic mass is 10.3. The summed E-state index contributed by atoms with van der Waals surface area (Å²) in [5, 5.41) is 7.27. The van der Waals surface area contributed by atoms with Gasteiger partial charge in [0.15, 0.2) is 18.6 Å². The maximum atomic E-state index is 10.3. The number of nitrogens with zero attached hydrogens (tertiary/aromatic N) is 2. The van der Waals surface area contributed by atoms with E-state index in [9.17, 15) is 9.59 Å². The number of benzene rings is 1. The van der Waals surface area contributed by atoms with Crippen LogP contribution in [0.3, 0.4) is 0 Å². The number of hydrogen-bond donors (Lipinski definition) is 0. The molecule has 0 saturated heterocycles. The summed E-state index contributed by atoms with van der Waals surface area (Å²) >= 11 is 0. The van der Waals surface area contributed by atoms with Crippen LogP contribution in [0.2, 0.25) is 0 Å². The molecule has 5 nitrogen and oxygen atoms in total. The molecule has 0 bridgehead atoms. The van der Waals surface area contributed by atoms with E-state index in [0.29, 0.717) is 24.0 Å². The Balaban J connectivity index is 2.71. The van der Waals surface area contributed by atoms with E-state index >= 15 is 0 Å². The molecule has 78 valence electrons. The summed E-state index contributed by atoms with van der Waals surface area (Å²) in [6, 6.07) is 5.76. The number of hydrogen-bond acceptors (Lipinski definition) is 5.